The SMILES string of the molecule is Cc1ccc(OCC(C)Nc2nnc(C(F)(F)F)s2)cc1. The second-order valence-electron chi connectivity index (χ2n) is 4.58. The second-order valence-corrected chi connectivity index (χ2v) is 5.56. The fourth-order valence-electron chi connectivity index (χ4n) is 1.50. The summed E-state index contributed by atoms with van der Waals surface area (Å²) >= 11 is 0.478. The zero-order valence-corrected chi connectivity index (χ0v) is 12.3. The van der Waals surface area contributed by atoms with Crippen molar-refractivity contribution in [2.45, 2.75) is 26.1 Å². The number of aryl methyl sites for hydroxylation is 1. The van der Waals surface area contributed by atoms with Crippen molar-refractivity contribution >= 4 is 16.5 Å². The molecule has 0 fully saturated rings. The van der Waals surface area contributed by atoms with E-state index in [0.717, 1.165) is 5.56 Å². The van der Waals surface area contributed by atoms with Crippen LogP contribution in [0.1, 0.15) is 17.5 Å². The molecule has 1 N–H and O–H groups in total. The first-order valence-corrected chi connectivity index (χ1v) is 7.03. The van der Waals surface area contributed by atoms with Gasteiger partial charge >= 0.3 is 6.18 Å². The number of nitrogens with one attached hydrogen (secondary N) is 1. The van der Waals surface area contributed by atoms with E-state index in [4.69, 9.17) is 4.74 Å². The van der Waals surface area contributed by atoms with Crippen LogP contribution in [0.25, 0.3) is 0 Å². The van der Waals surface area contributed by atoms with Crippen molar-refractivity contribution in [2.75, 3.05) is 11.9 Å². The van der Waals surface area contributed by atoms with Crippen molar-refractivity contribution in [3.05, 3.63) is 34.8 Å². The van der Waals surface area contributed by atoms with Crippen molar-refractivity contribution in [1.29, 1.82) is 0 Å². The minimum atomic E-state index is -4.46. The summed E-state index contributed by atoms with van der Waals surface area (Å²) < 4.78 is 42.7. The smallest absolute Gasteiger partial charge is 0.445 e. The van der Waals surface area contributed by atoms with E-state index in [1.54, 1.807) is 6.92 Å². The zero-order valence-electron chi connectivity index (χ0n) is 11.4. The van der Waals surface area contributed by atoms with Crippen LogP contribution in [0.3, 0.4) is 0 Å². The number of hydrogen-bond donors (Lipinski definition) is 1. The molecule has 21 heavy (non-hydrogen) atoms. The number of ether oxygens (including phenoxy) is 1. The summed E-state index contributed by atoms with van der Waals surface area (Å²) in [6, 6.07) is 7.34. The van der Waals surface area contributed by atoms with E-state index >= 15 is 0 Å². The van der Waals surface area contributed by atoms with Crippen molar-refractivity contribution in [3.8, 4) is 5.75 Å². The molecule has 1 heterocycles. The molecular weight excluding hydrogens is 303 g/mol. The highest BCUT2D eigenvalue weighted by Crippen LogP contribution is 2.33. The van der Waals surface area contributed by atoms with Gasteiger partial charge in [-0.1, -0.05) is 29.0 Å². The van der Waals surface area contributed by atoms with Crippen molar-refractivity contribution in [1.82, 2.24) is 10.2 Å². The standard InChI is InChI=1S/C13H14F3N3OS/c1-8-3-5-10(6-4-8)20-7-9(2)17-12-19-18-11(21-12)13(14,15)16/h3-6,9H,7H2,1-2H3,(H,17,19). The number of halogens is 3. The first-order chi connectivity index (χ1) is 9.84. The minimum absolute atomic E-state index is 0.127. The molecule has 2 aromatic rings. The summed E-state index contributed by atoms with van der Waals surface area (Å²) in [4.78, 5) is 0. The molecule has 0 aliphatic rings. The Kier molecular flexibility index (Phi) is 4.66. The Labute approximate surface area is 124 Å². The van der Waals surface area contributed by atoms with Crippen molar-refractivity contribution in [2.24, 2.45) is 0 Å². The van der Waals surface area contributed by atoms with Gasteiger partial charge in [-0.2, -0.15) is 13.2 Å². The Balaban J connectivity index is 1.85. The Bertz CT molecular complexity index is 583. The maximum Gasteiger partial charge on any atom is 0.445 e. The van der Waals surface area contributed by atoms with E-state index in [1.165, 1.54) is 0 Å². The molecule has 1 aromatic carbocycles. The Morgan fingerprint density at radius 2 is 1.90 bits per heavy atom. The molecule has 8 heteroatoms. The predicted octanol–water partition coefficient (Wildman–Crippen LogP) is 3.74. The lowest BCUT2D eigenvalue weighted by Gasteiger charge is -2.13. The van der Waals surface area contributed by atoms with E-state index in [0.29, 0.717) is 23.7 Å². The van der Waals surface area contributed by atoms with Crippen LogP contribution in [0.15, 0.2) is 24.3 Å². The van der Waals surface area contributed by atoms with Gasteiger partial charge in [-0.05, 0) is 26.0 Å². The number of aromatic nitrogens is 2. The molecule has 4 nitrogen and oxygen atoms in total. The highest BCUT2D eigenvalue weighted by atomic mass is 32.1. The monoisotopic (exact) mass is 317 g/mol. The maximum absolute atomic E-state index is 12.4. The van der Waals surface area contributed by atoms with Gasteiger partial charge in [0.15, 0.2) is 0 Å². The Hall–Kier alpha value is -1.83. The molecule has 2 rings (SSSR count). The highest BCUT2D eigenvalue weighted by molar-refractivity contribution is 7.15. The predicted molar refractivity (Wildman–Crippen MR) is 74.7 cm³/mol. The van der Waals surface area contributed by atoms with Gasteiger partial charge in [0, 0.05) is 0 Å². The lowest BCUT2D eigenvalue weighted by Crippen LogP contribution is -2.23. The van der Waals surface area contributed by atoms with E-state index in [-0.39, 0.29) is 11.2 Å². The van der Waals surface area contributed by atoms with Gasteiger partial charge in [0.25, 0.3) is 0 Å². The molecule has 1 aromatic heterocycles. The summed E-state index contributed by atoms with van der Waals surface area (Å²) in [5.41, 5.74) is 1.13. The number of rotatable bonds is 5. The highest BCUT2D eigenvalue weighted by Gasteiger charge is 2.35. The number of benzene rings is 1. The number of anilines is 1. The van der Waals surface area contributed by atoms with Crippen LogP contribution < -0.4 is 10.1 Å². The van der Waals surface area contributed by atoms with Crippen molar-refractivity contribution in [3.63, 3.8) is 0 Å². The van der Waals surface area contributed by atoms with Crippen LogP contribution in [-0.4, -0.2) is 22.8 Å². The summed E-state index contributed by atoms with van der Waals surface area (Å²) in [6.07, 6.45) is -4.46. The fourth-order valence-corrected chi connectivity index (χ4v) is 2.23. The molecule has 1 atom stereocenters. The lowest BCUT2D eigenvalue weighted by molar-refractivity contribution is -0.138. The lowest BCUT2D eigenvalue weighted by atomic mass is 10.2. The first-order valence-electron chi connectivity index (χ1n) is 6.21. The normalized spacial score (nSPS) is 13.0. The van der Waals surface area contributed by atoms with Gasteiger partial charge < -0.3 is 10.1 Å². The van der Waals surface area contributed by atoms with E-state index in [9.17, 15) is 13.2 Å². The third-order valence-electron chi connectivity index (χ3n) is 2.56. The van der Waals surface area contributed by atoms with Crippen LogP contribution >= 0.6 is 11.3 Å². The second kappa shape index (κ2) is 6.30. The third-order valence-corrected chi connectivity index (χ3v) is 3.46. The summed E-state index contributed by atoms with van der Waals surface area (Å²) in [5, 5.41) is 8.58. The topological polar surface area (TPSA) is 47.0 Å². The quantitative estimate of drug-likeness (QED) is 0.912. The summed E-state index contributed by atoms with van der Waals surface area (Å²) in [6.45, 7) is 4.08. The molecule has 1 unspecified atom stereocenters. The molecule has 0 radical (unpaired) electrons. The van der Waals surface area contributed by atoms with Gasteiger partial charge in [-0.25, -0.2) is 0 Å². The van der Waals surface area contributed by atoms with Crippen LogP contribution in [0, 0.1) is 6.92 Å². The summed E-state index contributed by atoms with van der Waals surface area (Å²) in [7, 11) is 0. The number of hydrogen-bond acceptors (Lipinski definition) is 5. The van der Waals surface area contributed by atoms with Crippen LogP contribution in [0.2, 0.25) is 0 Å². The molecule has 0 spiro atoms. The fraction of sp³-hybridized carbons (Fsp3) is 0.385. The molecule has 0 bridgehead atoms. The molecule has 0 saturated heterocycles. The van der Waals surface area contributed by atoms with Crippen LogP contribution in [0.5, 0.6) is 5.75 Å². The van der Waals surface area contributed by atoms with Crippen molar-refractivity contribution < 1.29 is 17.9 Å². The third kappa shape index (κ3) is 4.59. The van der Waals surface area contributed by atoms with Gasteiger partial charge in [-0.3, -0.25) is 0 Å². The zero-order chi connectivity index (χ0) is 15.5. The van der Waals surface area contributed by atoms with Gasteiger partial charge in [-0.15, -0.1) is 10.2 Å². The van der Waals surface area contributed by atoms with E-state index in [1.807, 2.05) is 31.2 Å². The minimum Gasteiger partial charge on any atom is -0.491 e. The molecule has 0 aliphatic carbocycles. The van der Waals surface area contributed by atoms with Gasteiger partial charge in [0.05, 0.1) is 6.04 Å². The molecule has 114 valence electrons. The van der Waals surface area contributed by atoms with E-state index in [2.05, 4.69) is 15.5 Å². The Morgan fingerprint density at radius 3 is 2.48 bits per heavy atom. The largest absolute Gasteiger partial charge is 0.491 e. The number of nitrogens with zero attached hydrogens (tertiary/aromatic N) is 2. The maximum atomic E-state index is 12.4. The first kappa shape index (κ1) is 15.6. The van der Waals surface area contributed by atoms with Crippen LogP contribution in [-0.2, 0) is 6.18 Å². The summed E-state index contributed by atoms with van der Waals surface area (Å²) in [5.74, 6) is 0.711. The molecular formula is C13H14F3N3OS. The van der Waals surface area contributed by atoms with Gasteiger partial charge in [0.2, 0.25) is 10.1 Å². The number of alkyl halides is 3. The molecule has 0 amide bonds. The Morgan fingerprint density at radius 1 is 1.24 bits per heavy atom. The molecule has 0 aliphatic heterocycles. The van der Waals surface area contributed by atoms with Crippen LogP contribution in [0.4, 0.5) is 18.3 Å². The average molecular weight is 317 g/mol. The molecule has 0 saturated carbocycles. The van der Waals surface area contributed by atoms with Gasteiger partial charge in [0.1, 0.15) is 12.4 Å². The van der Waals surface area contributed by atoms with E-state index < -0.39 is 11.2 Å². The average Bonchev–Trinajstić information content (AvgIpc) is 2.86.